The Morgan fingerprint density at radius 3 is 2.42 bits per heavy atom. The van der Waals surface area contributed by atoms with E-state index in [0.29, 0.717) is 16.5 Å². The van der Waals surface area contributed by atoms with Crippen molar-refractivity contribution in [2.75, 3.05) is 5.32 Å². The molecular weight excluding hydrogens is 329 g/mol. The van der Waals surface area contributed by atoms with E-state index in [1.165, 1.54) is 12.1 Å². The molecule has 3 aromatic rings. The van der Waals surface area contributed by atoms with Gasteiger partial charge in [0.1, 0.15) is 11.6 Å². The molecule has 0 spiro atoms. The summed E-state index contributed by atoms with van der Waals surface area (Å²) in [6, 6.07) is 16.6. The molecule has 1 heterocycles. The summed E-state index contributed by atoms with van der Waals surface area (Å²) in [5.74, 6) is -0.105. The molecule has 24 heavy (non-hydrogen) atoms. The number of carbonyl (C=O) groups is 1. The van der Waals surface area contributed by atoms with Crippen molar-refractivity contribution >= 4 is 23.2 Å². The van der Waals surface area contributed by atoms with E-state index in [9.17, 15) is 9.18 Å². The van der Waals surface area contributed by atoms with Crippen LogP contribution in [0.1, 0.15) is 23.7 Å². The van der Waals surface area contributed by atoms with Crippen LogP contribution in [0.3, 0.4) is 0 Å². The third kappa shape index (κ3) is 4.03. The van der Waals surface area contributed by atoms with E-state index >= 15 is 0 Å². The third-order valence-corrected chi connectivity index (χ3v) is 3.93. The van der Waals surface area contributed by atoms with Crippen LogP contribution in [-0.2, 0) is 4.79 Å². The maximum absolute atomic E-state index is 13.2. The summed E-state index contributed by atoms with van der Waals surface area (Å²) < 4.78 is 18.6. The van der Waals surface area contributed by atoms with Crippen molar-refractivity contribution in [1.82, 2.24) is 0 Å². The Morgan fingerprint density at radius 1 is 1.08 bits per heavy atom. The normalized spacial score (nSPS) is 11.9. The zero-order valence-corrected chi connectivity index (χ0v) is 13.5. The fourth-order valence-electron chi connectivity index (χ4n) is 2.50. The van der Waals surface area contributed by atoms with E-state index in [0.717, 1.165) is 5.56 Å². The second kappa shape index (κ2) is 7.32. The molecule has 3 rings (SSSR count). The van der Waals surface area contributed by atoms with Gasteiger partial charge in [-0.15, -0.1) is 0 Å². The van der Waals surface area contributed by atoms with Gasteiger partial charge >= 0.3 is 0 Å². The molecule has 2 aromatic carbocycles. The van der Waals surface area contributed by atoms with Crippen LogP contribution in [0.25, 0.3) is 0 Å². The van der Waals surface area contributed by atoms with E-state index in [-0.39, 0.29) is 24.1 Å². The molecule has 3 nitrogen and oxygen atoms in total. The standard InChI is InChI=1S/C19H15ClFNO2/c20-14-5-9-16(10-6-14)22-19(23)12-17(18-2-1-11-24-18)13-3-7-15(21)8-4-13/h1-11,17H,12H2,(H,22,23). The van der Waals surface area contributed by atoms with Gasteiger partial charge in [0.2, 0.25) is 5.91 Å². The molecule has 5 heteroatoms. The van der Waals surface area contributed by atoms with Gasteiger partial charge in [-0.25, -0.2) is 4.39 Å². The molecular formula is C19H15ClFNO2. The number of hydrogen-bond donors (Lipinski definition) is 1. The van der Waals surface area contributed by atoms with Crippen LogP contribution in [0.15, 0.2) is 71.3 Å². The fraction of sp³-hybridized carbons (Fsp3) is 0.105. The number of furan rings is 1. The second-order valence-electron chi connectivity index (χ2n) is 5.38. The average Bonchev–Trinajstić information content (AvgIpc) is 3.10. The van der Waals surface area contributed by atoms with Crippen molar-refractivity contribution in [3.8, 4) is 0 Å². The Morgan fingerprint density at radius 2 is 1.79 bits per heavy atom. The lowest BCUT2D eigenvalue weighted by molar-refractivity contribution is -0.116. The van der Waals surface area contributed by atoms with Crippen LogP contribution in [0.4, 0.5) is 10.1 Å². The van der Waals surface area contributed by atoms with Gasteiger partial charge in [-0.05, 0) is 54.1 Å². The molecule has 0 radical (unpaired) electrons. The molecule has 1 unspecified atom stereocenters. The zero-order valence-electron chi connectivity index (χ0n) is 12.7. The van der Waals surface area contributed by atoms with Crippen molar-refractivity contribution < 1.29 is 13.6 Å². The first-order valence-electron chi connectivity index (χ1n) is 7.46. The molecule has 1 atom stereocenters. The number of benzene rings is 2. The van der Waals surface area contributed by atoms with Gasteiger partial charge in [0.25, 0.3) is 0 Å². The van der Waals surface area contributed by atoms with E-state index < -0.39 is 0 Å². The summed E-state index contributed by atoms with van der Waals surface area (Å²) >= 11 is 5.84. The van der Waals surface area contributed by atoms with Crippen molar-refractivity contribution in [3.63, 3.8) is 0 Å². The maximum Gasteiger partial charge on any atom is 0.225 e. The molecule has 122 valence electrons. The van der Waals surface area contributed by atoms with Crippen molar-refractivity contribution in [2.24, 2.45) is 0 Å². The Balaban J connectivity index is 1.77. The molecule has 0 aliphatic carbocycles. The molecule has 1 aromatic heterocycles. The molecule has 0 saturated carbocycles. The lowest BCUT2D eigenvalue weighted by Crippen LogP contribution is -2.16. The average molecular weight is 344 g/mol. The fourth-order valence-corrected chi connectivity index (χ4v) is 2.62. The van der Waals surface area contributed by atoms with Crippen LogP contribution in [0.5, 0.6) is 0 Å². The highest BCUT2D eigenvalue weighted by Crippen LogP contribution is 2.29. The van der Waals surface area contributed by atoms with Crippen LogP contribution < -0.4 is 5.32 Å². The minimum absolute atomic E-state index is 0.164. The maximum atomic E-state index is 13.2. The lowest BCUT2D eigenvalue weighted by atomic mass is 9.93. The number of rotatable bonds is 5. The summed E-state index contributed by atoms with van der Waals surface area (Å²) in [6.07, 6.45) is 1.74. The second-order valence-corrected chi connectivity index (χ2v) is 5.82. The molecule has 0 aliphatic heterocycles. The van der Waals surface area contributed by atoms with Gasteiger partial charge in [-0.1, -0.05) is 23.7 Å². The highest BCUT2D eigenvalue weighted by atomic mass is 35.5. The highest BCUT2D eigenvalue weighted by Gasteiger charge is 2.21. The molecule has 0 aliphatic rings. The molecule has 0 bridgehead atoms. The van der Waals surface area contributed by atoms with Crippen molar-refractivity contribution in [2.45, 2.75) is 12.3 Å². The summed E-state index contributed by atoms with van der Waals surface area (Å²) in [5.41, 5.74) is 1.49. The summed E-state index contributed by atoms with van der Waals surface area (Å²) in [4.78, 5) is 12.4. The first-order valence-corrected chi connectivity index (χ1v) is 7.84. The quantitative estimate of drug-likeness (QED) is 0.689. The van der Waals surface area contributed by atoms with Crippen LogP contribution in [0, 0.1) is 5.82 Å². The van der Waals surface area contributed by atoms with Crippen molar-refractivity contribution in [1.29, 1.82) is 0 Å². The predicted molar refractivity (Wildman–Crippen MR) is 91.6 cm³/mol. The predicted octanol–water partition coefficient (Wildman–Crippen LogP) is 5.23. The number of nitrogens with one attached hydrogen (secondary N) is 1. The third-order valence-electron chi connectivity index (χ3n) is 3.68. The Hall–Kier alpha value is -2.59. The SMILES string of the molecule is O=C(CC(c1ccc(F)cc1)c1ccco1)Nc1ccc(Cl)cc1. The number of carbonyl (C=O) groups excluding carboxylic acids is 1. The van der Waals surface area contributed by atoms with E-state index in [1.807, 2.05) is 6.07 Å². The Bertz CT molecular complexity index is 798. The van der Waals surface area contributed by atoms with E-state index in [4.69, 9.17) is 16.0 Å². The lowest BCUT2D eigenvalue weighted by Gasteiger charge is -2.15. The van der Waals surface area contributed by atoms with Gasteiger partial charge in [0, 0.05) is 17.1 Å². The summed E-state index contributed by atoms with van der Waals surface area (Å²) in [7, 11) is 0. The molecule has 1 N–H and O–H groups in total. The molecule has 1 amide bonds. The smallest absolute Gasteiger partial charge is 0.225 e. The minimum atomic E-state index is -0.317. The number of hydrogen-bond acceptors (Lipinski definition) is 2. The van der Waals surface area contributed by atoms with E-state index in [2.05, 4.69) is 5.32 Å². The first-order chi connectivity index (χ1) is 11.6. The van der Waals surface area contributed by atoms with Gasteiger partial charge in [0.15, 0.2) is 0 Å². The van der Waals surface area contributed by atoms with Gasteiger partial charge in [-0.2, -0.15) is 0 Å². The number of halogens is 2. The van der Waals surface area contributed by atoms with Crippen LogP contribution >= 0.6 is 11.6 Å². The summed E-state index contributed by atoms with van der Waals surface area (Å²) in [5, 5.41) is 3.43. The first kappa shape index (κ1) is 16.3. The van der Waals surface area contributed by atoms with Crippen LogP contribution in [0.2, 0.25) is 5.02 Å². The van der Waals surface area contributed by atoms with Gasteiger partial charge in [-0.3, -0.25) is 4.79 Å². The zero-order chi connectivity index (χ0) is 16.9. The van der Waals surface area contributed by atoms with Crippen molar-refractivity contribution in [3.05, 3.63) is 89.1 Å². The van der Waals surface area contributed by atoms with Gasteiger partial charge in [0.05, 0.1) is 12.2 Å². The largest absolute Gasteiger partial charge is 0.469 e. The Labute approximate surface area is 144 Å². The minimum Gasteiger partial charge on any atom is -0.469 e. The Kier molecular flexibility index (Phi) is 4.96. The monoisotopic (exact) mass is 343 g/mol. The topological polar surface area (TPSA) is 42.2 Å². The summed E-state index contributed by atoms with van der Waals surface area (Å²) in [6.45, 7) is 0. The molecule has 0 saturated heterocycles. The number of amides is 1. The number of anilines is 1. The van der Waals surface area contributed by atoms with E-state index in [1.54, 1.807) is 48.7 Å². The van der Waals surface area contributed by atoms with Gasteiger partial charge < -0.3 is 9.73 Å². The highest BCUT2D eigenvalue weighted by molar-refractivity contribution is 6.30. The molecule has 0 fully saturated rings. The van der Waals surface area contributed by atoms with Crippen LogP contribution in [-0.4, -0.2) is 5.91 Å².